The summed E-state index contributed by atoms with van der Waals surface area (Å²) in [5, 5.41) is 7.52. The van der Waals surface area contributed by atoms with E-state index in [0.717, 1.165) is 11.3 Å². The summed E-state index contributed by atoms with van der Waals surface area (Å²) >= 11 is 1.29. The normalized spacial score (nSPS) is 11.4. The number of anilines is 2. The number of hydrogen-bond donors (Lipinski definition) is 2. The molecule has 2 aromatic carbocycles. The summed E-state index contributed by atoms with van der Waals surface area (Å²) in [7, 11) is 0. The molecule has 1 heterocycles. The first kappa shape index (κ1) is 20.2. The van der Waals surface area contributed by atoms with Crippen LogP contribution in [-0.2, 0) is 14.3 Å². The van der Waals surface area contributed by atoms with Crippen molar-refractivity contribution in [1.29, 1.82) is 0 Å². The predicted octanol–water partition coefficient (Wildman–Crippen LogP) is 3.95. The summed E-state index contributed by atoms with van der Waals surface area (Å²) in [6.45, 7) is 2.86. The Hall–Kier alpha value is -3.52. The van der Waals surface area contributed by atoms with E-state index in [1.807, 2.05) is 35.7 Å². The van der Waals surface area contributed by atoms with Crippen LogP contribution in [0.25, 0.3) is 11.3 Å². The average Bonchev–Trinajstić information content (AvgIpc) is 3.16. The highest BCUT2D eigenvalue weighted by Crippen LogP contribution is 2.24. The van der Waals surface area contributed by atoms with Crippen LogP contribution in [0.3, 0.4) is 0 Å². The summed E-state index contributed by atoms with van der Waals surface area (Å²) in [5.41, 5.74) is 2.41. The number of benzene rings is 2. The monoisotopic (exact) mass is 409 g/mol. The number of nitrogens with zero attached hydrogens (tertiary/aromatic N) is 1. The number of ether oxygens (including phenoxy) is 1. The van der Waals surface area contributed by atoms with Crippen molar-refractivity contribution < 1.29 is 19.1 Å². The summed E-state index contributed by atoms with van der Waals surface area (Å²) < 4.78 is 5.24. The molecule has 2 amide bonds. The molecule has 0 bridgehead atoms. The molecule has 1 unspecified atom stereocenters. The van der Waals surface area contributed by atoms with Crippen LogP contribution in [0.5, 0.6) is 0 Å². The number of nitrogens with one attached hydrogen (secondary N) is 2. The molecule has 0 aliphatic rings. The van der Waals surface area contributed by atoms with E-state index in [2.05, 4.69) is 15.6 Å². The molecule has 8 heteroatoms. The predicted molar refractivity (Wildman–Crippen MR) is 112 cm³/mol. The van der Waals surface area contributed by atoms with Gasteiger partial charge in [-0.3, -0.25) is 14.9 Å². The van der Waals surface area contributed by atoms with E-state index in [1.54, 1.807) is 18.2 Å². The zero-order valence-corrected chi connectivity index (χ0v) is 16.7. The second-order valence-electron chi connectivity index (χ2n) is 6.20. The number of carbonyl (C=O) groups excluding carboxylic acids is 3. The highest BCUT2D eigenvalue weighted by molar-refractivity contribution is 7.14. The third kappa shape index (κ3) is 5.49. The highest BCUT2D eigenvalue weighted by atomic mass is 32.1. The van der Waals surface area contributed by atoms with Gasteiger partial charge in [-0.05, 0) is 25.1 Å². The summed E-state index contributed by atoms with van der Waals surface area (Å²) in [6.07, 6.45) is -1.02. The van der Waals surface area contributed by atoms with Crippen molar-refractivity contribution in [2.75, 3.05) is 10.6 Å². The maximum Gasteiger partial charge on any atom is 0.338 e. The fourth-order valence-corrected chi connectivity index (χ4v) is 3.21. The molecule has 148 valence electrons. The van der Waals surface area contributed by atoms with Crippen LogP contribution in [0, 0.1) is 0 Å². The van der Waals surface area contributed by atoms with Gasteiger partial charge in [-0.15, -0.1) is 11.3 Å². The van der Waals surface area contributed by atoms with Crippen molar-refractivity contribution in [2.45, 2.75) is 20.0 Å². The van der Waals surface area contributed by atoms with E-state index < -0.39 is 18.0 Å². The Bertz CT molecular complexity index is 1030. The third-order valence-corrected chi connectivity index (χ3v) is 4.63. The molecule has 0 saturated heterocycles. The van der Waals surface area contributed by atoms with Crippen molar-refractivity contribution in [3.05, 3.63) is 65.5 Å². The van der Waals surface area contributed by atoms with Gasteiger partial charge in [-0.1, -0.05) is 36.4 Å². The van der Waals surface area contributed by atoms with Gasteiger partial charge >= 0.3 is 5.97 Å². The fourth-order valence-electron chi connectivity index (χ4n) is 2.49. The zero-order valence-electron chi connectivity index (χ0n) is 15.8. The second-order valence-corrected chi connectivity index (χ2v) is 7.06. The number of hydrogen-bond acceptors (Lipinski definition) is 6. The summed E-state index contributed by atoms with van der Waals surface area (Å²) in [5.74, 6) is -1.39. The Kier molecular flexibility index (Phi) is 6.36. The molecule has 7 nitrogen and oxygen atoms in total. The van der Waals surface area contributed by atoms with Gasteiger partial charge in [0, 0.05) is 23.6 Å². The van der Waals surface area contributed by atoms with E-state index >= 15 is 0 Å². The Morgan fingerprint density at radius 1 is 1.03 bits per heavy atom. The topological polar surface area (TPSA) is 97.4 Å². The molecule has 1 atom stereocenters. The molecule has 3 aromatic rings. The first-order valence-electron chi connectivity index (χ1n) is 8.83. The second kappa shape index (κ2) is 9.11. The molecule has 0 radical (unpaired) electrons. The molecular formula is C21H19N3O4S. The summed E-state index contributed by atoms with van der Waals surface area (Å²) in [4.78, 5) is 40.2. The largest absolute Gasteiger partial charge is 0.449 e. The lowest BCUT2D eigenvalue weighted by Crippen LogP contribution is -2.30. The van der Waals surface area contributed by atoms with Crippen LogP contribution in [-0.4, -0.2) is 28.9 Å². The van der Waals surface area contributed by atoms with Gasteiger partial charge < -0.3 is 10.1 Å². The molecule has 0 spiro atoms. The van der Waals surface area contributed by atoms with Crippen LogP contribution in [0.4, 0.5) is 10.8 Å². The third-order valence-electron chi connectivity index (χ3n) is 3.88. The van der Waals surface area contributed by atoms with Crippen molar-refractivity contribution in [3.63, 3.8) is 0 Å². The quantitative estimate of drug-likeness (QED) is 0.601. The highest BCUT2D eigenvalue weighted by Gasteiger charge is 2.20. The van der Waals surface area contributed by atoms with Gasteiger partial charge in [-0.25, -0.2) is 9.78 Å². The number of aromatic nitrogens is 1. The SMILES string of the molecule is CC(=O)Nc1cccc(C(=O)OC(C)C(=O)Nc2nc(-c3ccccc3)cs2)c1. The van der Waals surface area contributed by atoms with Crippen molar-refractivity contribution in [3.8, 4) is 11.3 Å². The van der Waals surface area contributed by atoms with Gasteiger partial charge in [0.1, 0.15) is 0 Å². The van der Waals surface area contributed by atoms with E-state index in [0.29, 0.717) is 10.8 Å². The molecule has 0 aliphatic heterocycles. The Morgan fingerprint density at radius 3 is 2.52 bits per heavy atom. The van der Waals surface area contributed by atoms with E-state index in [-0.39, 0.29) is 11.5 Å². The van der Waals surface area contributed by atoms with E-state index in [4.69, 9.17) is 4.74 Å². The van der Waals surface area contributed by atoms with Crippen LogP contribution < -0.4 is 10.6 Å². The minimum atomic E-state index is -1.02. The molecule has 0 fully saturated rings. The van der Waals surface area contributed by atoms with Crippen LogP contribution in [0.15, 0.2) is 60.0 Å². The number of amides is 2. The molecule has 2 N–H and O–H groups in total. The van der Waals surface area contributed by atoms with Gasteiger partial charge in [0.05, 0.1) is 11.3 Å². The smallest absolute Gasteiger partial charge is 0.338 e. The van der Waals surface area contributed by atoms with Gasteiger partial charge in [0.15, 0.2) is 11.2 Å². The van der Waals surface area contributed by atoms with Gasteiger partial charge in [0.25, 0.3) is 5.91 Å². The molecule has 0 saturated carbocycles. The number of thiazole rings is 1. The first-order chi connectivity index (χ1) is 13.9. The number of rotatable bonds is 6. The maximum atomic E-state index is 12.4. The van der Waals surface area contributed by atoms with Crippen molar-refractivity contribution in [2.24, 2.45) is 0 Å². The first-order valence-corrected chi connectivity index (χ1v) is 9.71. The maximum absolute atomic E-state index is 12.4. The molecule has 29 heavy (non-hydrogen) atoms. The number of esters is 1. The molecular weight excluding hydrogens is 390 g/mol. The lowest BCUT2D eigenvalue weighted by molar-refractivity contribution is -0.123. The van der Waals surface area contributed by atoms with Gasteiger partial charge in [-0.2, -0.15) is 0 Å². The van der Waals surface area contributed by atoms with Crippen LogP contribution in [0.1, 0.15) is 24.2 Å². The zero-order chi connectivity index (χ0) is 20.8. The minimum Gasteiger partial charge on any atom is -0.449 e. The Labute approximate surface area is 171 Å². The van der Waals surface area contributed by atoms with E-state index in [1.165, 1.54) is 31.3 Å². The fraction of sp³-hybridized carbons (Fsp3) is 0.143. The van der Waals surface area contributed by atoms with Crippen molar-refractivity contribution in [1.82, 2.24) is 4.98 Å². The summed E-state index contributed by atoms with van der Waals surface area (Å²) in [6, 6.07) is 15.9. The van der Waals surface area contributed by atoms with Gasteiger partial charge in [0.2, 0.25) is 5.91 Å². The van der Waals surface area contributed by atoms with E-state index in [9.17, 15) is 14.4 Å². The van der Waals surface area contributed by atoms with Crippen LogP contribution in [0.2, 0.25) is 0 Å². The molecule has 0 aliphatic carbocycles. The lowest BCUT2D eigenvalue weighted by Gasteiger charge is -2.13. The molecule has 1 aromatic heterocycles. The minimum absolute atomic E-state index is 0.233. The number of carbonyl (C=O) groups is 3. The standard InChI is InChI=1S/C21H19N3O4S/c1-13(28-20(27)16-9-6-10-17(11-16)22-14(2)25)19(26)24-21-23-18(12-29-21)15-7-4-3-5-8-15/h3-13H,1-2H3,(H,22,25)(H,23,24,26). The average molecular weight is 409 g/mol. The van der Waals surface area contributed by atoms with Crippen LogP contribution >= 0.6 is 11.3 Å². The lowest BCUT2D eigenvalue weighted by atomic mass is 10.2. The Morgan fingerprint density at radius 2 is 1.79 bits per heavy atom. The Balaban J connectivity index is 1.60. The van der Waals surface area contributed by atoms with Crippen molar-refractivity contribution >= 4 is 39.9 Å². The molecule has 3 rings (SSSR count).